The number of rotatable bonds is 10. The minimum Gasteiger partial charge on any atom is -0.352 e. The van der Waals surface area contributed by atoms with Crippen LogP contribution in [-0.4, -0.2) is 55.0 Å². The normalized spacial score (nSPS) is 17.6. The van der Waals surface area contributed by atoms with Crippen molar-refractivity contribution in [2.75, 3.05) is 26.2 Å². The van der Waals surface area contributed by atoms with Crippen molar-refractivity contribution >= 4 is 22.6 Å². The topological polar surface area (TPSA) is 87.5 Å². The Morgan fingerprint density at radius 1 is 0.875 bits per heavy atom. The number of nitrogens with two attached hydrogens (primary N) is 1. The van der Waals surface area contributed by atoms with E-state index < -0.39 is 0 Å². The van der Waals surface area contributed by atoms with Gasteiger partial charge in [-0.2, -0.15) is 0 Å². The first kappa shape index (κ1) is 27.6. The summed E-state index contributed by atoms with van der Waals surface area (Å²) in [5.41, 5.74) is 8.97. The van der Waals surface area contributed by atoms with Gasteiger partial charge in [-0.25, -0.2) is 0 Å². The minimum absolute atomic E-state index is 0.0795. The lowest BCUT2D eigenvalue weighted by Gasteiger charge is -2.29. The maximum atomic E-state index is 13.7. The van der Waals surface area contributed by atoms with Gasteiger partial charge in [-0.15, -0.1) is 0 Å². The molecule has 0 saturated carbocycles. The van der Waals surface area contributed by atoms with Crippen LogP contribution in [0.1, 0.15) is 46.7 Å². The second kappa shape index (κ2) is 13.4. The van der Waals surface area contributed by atoms with Gasteiger partial charge in [0.2, 0.25) is 5.91 Å². The summed E-state index contributed by atoms with van der Waals surface area (Å²) in [6.07, 6.45) is 2.13. The molecular weight excluding hydrogens is 496 g/mol. The quantitative estimate of drug-likeness (QED) is 0.275. The van der Waals surface area contributed by atoms with Crippen LogP contribution >= 0.6 is 0 Å². The van der Waals surface area contributed by atoms with Crippen LogP contribution in [0, 0.1) is 0 Å². The molecule has 6 heteroatoms. The fourth-order valence-electron chi connectivity index (χ4n) is 5.65. The average molecular weight is 535 g/mol. The number of carbonyl (C=O) groups excluding carboxylic acids is 2. The maximum absolute atomic E-state index is 13.7. The molecule has 4 aromatic rings. The summed E-state index contributed by atoms with van der Waals surface area (Å²) in [6, 6.07) is 34.4. The molecule has 206 valence electrons. The molecule has 2 atom stereocenters. The van der Waals surface area contributed by atoms with E-state index in [2.05, 4.69) is 59.2 Å². The Labute approximate surface area is 236 Å². The van der Waals surface area contributed by atoms with Crippen molar-refractivity contribution in [1.29, 1.82) is 0 Å². The second-order valence-electron chi connectivity index (χ2n) is 10.5. The molecule has 1 heterocycles. The van der Waals surface area contributed by atoms with Crippen LogP contribution in [0.25, 0.3) is 10.8 Å². The Hall–Kier alpha value is -4.00. The largest absolute Gasteiger partial charge is 0.352 e. The van der Waals surface area contributed by atoms with Crippen molar-refractivity contribution in [2.45, 2.75) is 37.3 Å². The number of benzene rings is 4. The van der Waals surface area contributed by atoms with E-state index in [4.69, 9.17) is 5.73 Å². The number of hydrogen-bond donors (Lipinski definition) is 3. The zero-order valence-electron chi connectivity index (χ0n) is 22.8. The summed E-state index contributed by atoms with van der Waals surface area (Å²) in [5, 5.41) is 8.80. The second-order valence-corrected chi connectivity index (χ2v) is 10.5. The first-order valence-corrected chi connectivity index (χ1v) is 14.2. The molecular formula is C34H38N4O2. The third kappa shape index (κ3) is 6.76. The number of fused-ring (bicyclic) bond motifs is 1. The van der Waals surface area contributed by atoms with Crippen molar-refractivity contribution in [3.8, 4) is 0 Å². The van der Waals surface area contributed by atoms with Gasteiger partial charge in [-0.3, -0.25) is 9.59 Å². The van der Waals surface area contributed by atoms with Gasteiger partial charge in [0.05, 0.1) is 6.04 Å². The van der Waals surface area contributed by atoms with Crippen LogP contribution in [0.4, 0.5) is 0 Å². The molecule has 0 unspecified atom stereocenters. The molecule has 4 N–H and O–H groups in total. The maximum Gasteiger partial charge on any atom is 0.251 e. The molecule has 4 aromatic carbocycles. The van der Waals surface area contributed by atoms with Crippen molar-refractivity contribution < 1.29 is 9.59 Å². The fraction of sp³-hybridized carbons (Fsp3) is 0.294. The number of amides is 2. The molecule has 2 amide bonds. The molecule has 1 saturated heterocycles. The fourth-order valence-corrected chi connectivity index (χ4v) is 5.65. The molecule has 0 aromatic heterocycles. The lowest BCUT2D eigenvalue weighted by molar-refractivity contribution is -0.133. The molecule has 1 aliphatic rings. The highest BCUT2D eigenvalue weighted by atomic mass is 16.2. The molecule has 6 nitrogen and oxygen atoms in total. The minimum atomic E-state index is -0.333. The van der Waals surface area contributed by atoms with E-state index in [0.717, 1.165) is 23.6 Å². The van der Waals surface area contributed by atoms with Crippen molar-refractivity contribution in [1.82, 2.24) is 15.5 Å². The van der Waals surface area contributed by atoms with E-state index in [9.17, 15) is 9.59 Å². The van der Waals surface area contributed by atoms with E-state index >= 15 is 0 Å². The lowest BCUT2D eigenvalue weighted by Crippen LogP contribution is -2.48. The van der Waals surface area contributed by atoms with Gasteiger partial charge in [-0.05, 0) is 59.8 Å². The molecule has 1 fully saturated rings. The smallest absolute Gasteiger partial charge is 0.251 e. The van der Waals surface area contributed by atoms with Crippen LogP contribution < -0.4 is 16.4 Å². The van der Waals surface area contributed by atoms with Crippen LogP contribution in [0.15, 0.2) is 103 Å². The number of carbonyl (C=O) groups is 2. The predicted octanol–water partition coefficient (Wildman–Crippen LogP) is 4.70. The molecule has 0 aliphatic carbocycles. The molecule has 5 rings (SSSR count). The monoisotopic (exact) mass is 534 g/mol. The highest BCUT2D eigenvalue weighted by molar-refractivity contribution is 5.98. The molecule has 0 radical (unpaired) electrons. The van der Waals surface area contributed by atoms with Crippen LogP contribution in [0.5, 0.6) is 0 Å². The third-order valence-electron chi connectivity index (χ3n) is 7.85. The van der Waals surface area contributed by atoms with Gasteiger partial charge >= 0.3 is 0 Å². The molecule has 40 heavy (non-hydrogen) atoms. The number of hydrogen-bond acceptors (Lipinski definition) is 4. The Balaban J connectivity index is 1.24. The molecule has 0 spiro atoms. The van der Waals surface area contributed by atoms with E-state index in [-0.39, 0.29) is 29.8 Å². The zero-order chi connectivity index (χ0) is 27.7. The summed E-state index contributed by atoms with van der Waals surface area (Å²) >= 11 is 0. The van der Waals surface area contributed by atoms with Gasteiger partial charge in [0.25, 0.3) is 5.91 Å². The van der Waals surface area contributed by atoms with E-state index in [1.165, 1.54) is 11.1 Å². The lowest BCUT2D eigenvalue weighted by atomic mass is 9.90. The average Bonchev–Trinajstić information content (AvgIpc) is 3.14. The first-order valence-electron chi connectivity index (χ1n) is 14.2. The van der Waals surface area contributed by atoms with Crippen molar-refractivity contribution in [2.24, 2.45) is 5.73 Å². The highest BCUT2D eigenvalue weighted by Crippen LogP contribution is 2.27. The Morgan fingerprint density at radius 3 is 2.20 bits per heavy atom. The van der Waals surface area contributed by atoms with Gasteiger partial charge in [0.15, 0.2) is 0 Å². The van der Waals surface area contributed by atoms with E-state index in [1.807, 2.05) is 59.5 Å². The summed E-state index contributed by atoms with van der Waals surface area (Å²) in [5.74, 6) is 0.108. The number of nitrogens with one attached hydrogen (secondary N) is 2. The summed E-state index contributed by atoms with van der Waals surface area (Å²) in [6.45, 7) is 2.24. The Morgan fingerprint density at radius 2 is 1.52 bits per heavy atom. The highest BCUT2D eigenvalue weighted by Gasteiger charge is 2.32. The van der Waals surface area contributed by atoms with Crippen molar-refractivity contribution in [3.05, 3.63) is 120 Å². The summed E-state index contributed by atoms with van der Waals surface area (Å²) in [7, 11) is 0. The van der Waals surface area contributed by atoms with Crippen LogP contribution in [-0.2, 0) is 4.79 Å². The van der Waals surface area contributed by atoms with Crippen LogP contribution in [0.3, 0.4) is 0 Å². The third-order valence-corrected chi connectivity index (χ3v) is 7.85. The zero-order valence-corrected chi connectivity index (χ0v) is 22.8. The van der Waals surface area contributed by atoms with E-state index in [1.54, 1.807) is 0 Å². The van der Waals surface area contributed by atoms with E-state index in [0.29, 0.717) is 38.2 Å². The Kier molecular flexibility index (Phi) is 9.22. The summed E-state index contributed by atoms with van der Waals surface area (Å²) < 4.78 is 0. The summed E-state index contributed by atoms with van der Waals surface area (Å²) in [4.78, 5) is 28.5. The van der Waals surface area contributed by atoms with Crippen molar-refractivity contribution in [3.63, 3.8) is 0 Å². The molecule has 0 bridgehead atoms. The SMILES string of the molecule is NCC[C@H]1N[C@@H](CCNC(=O)c2ccc3ccccc3c2)CCN(CC(c2ccccc2)c2ccccc2)C1=O. The van der Waals surface area contributed by atoms with Gasteiger partial charge < -0.3 is 21.3 Å². The van der Waals surface area contributed by atoms with Gasteiger partial charge in [-0.1, -0.05) is 91.0 Å². The number of nitrogens with zero attached hydrogens (tertiary/aromatic N) is 1. The Bertz CT molecular complexity index is 1370. The van der Waals surface area contributed by atoms with Gasteiger partial charge in [0, 0.05) is 37.2 Å². The predicted molar refractivity (Wildman–Crippen MR) is 161 cm³/mol. The first-order chi connectivity index (χ1) is 19.6. The molecule has 1 aliphatic heterocycles. The van der Waals surface area contributed by atoms with Gasteiger partial charge in [0.1, 0.15) is 0 Å². The van der Waals surface area contributed by atoms with Crippen LogP contribution in [0.2, 0.25) is 0 Å². The standard InChI is InChI=1S/C34H38N4O2/c35-20-17-32-34(40)38(24-31(26-10-3-1-4-11-26)27-12-5-2-6-13-27)22-19-30(37-32)18-21-36-33(39)29-16-15-25-9-7-8-14-28(25)23-29/h1-16,23,30-32,37H,17-22,24,35H2,(H,36,39)/t30-,32+/m0/s1.